The molecule has 1 aliphatic rings. The summed E-state index contributed by atoms with van der Waals surface area (Å²) in [5.74, 6) is 0. The van der Waals surface area contributed by atoms with Crippen molar-refractivity contribution in [2.24, 2.45) is 0 Å². The molecule has 3 aromatic rings. The molecule has 1 aliphatic heterocycles. The Bertz CT molecular complexity index is 999. The van der Waals surface area contributed by atoms with Gasteiger partial charge in [-0.05, 0) is 62.6 Å². The number of fused-ring (bicyclic) bond motifs is 1. The predicted octanol–water partition coefficient (Wildman–Crippen LogP) is 5.54. The summed E-state index contributed by atoms with van der Waals surface area (Å²) < 4.78 is 7.48. The molecule has 1 saturated heterocycles. The Morgan fingerprint density at radius 2 is 2.00 bits per heavy atom. The smallest absolute Gasteiger partial charge is 0.0890 e. The number of aromatic nitrogens is 2. The minimum atomic E-state index is 0.401. The number of benzene rings is 1. The summed E-state index contributed by atoms with van der Waals surface area (Å²) >= 11 is 12.6. The quantitative estimate of drug-likeness (QED) is 0.572. The van der Waals surface area contributed by atoms with Crippen molar-refractivity contribution in [1.29, 1.82) is 0 Å². The van der Waals surface area contributed by atoms with E-state index in [-0.39, 0.29) is 0 Å². The lowest BCUT2D eigenvalue weighted by molar-refractivity contribution is 0.181. The van der Waals surface area contributed by atoms with E-state index in [0.717, 1.165) is 47.6 Å². The Labute approximate surface area is 169 Å². The SMILES string of the molecule is COCC1CCCN1c1cc(C)nn2c(-c3ccc(Cl)cc3Cl)c(C)cc12. The van der Waals surface area contributed by atoms with Crippen LogP contribution in [0.4, 0.5) is 5.69 Å². The molecule has 1 fully saturated rings. The molecule has 0 bridgehead atoms. The van der Waals surface area contributed by atoms with Gasteiger partial charge < -0.3 is 9.64 Å². The lowest BCUT2D eigenvalue weighted by Crippen LogP contribution is -2.33. The van der Waals surface area contributed by atoms with Gasteiger partial charge in [-0.15, -0.1) is 0 Å². The summed E-state index contributed by atoms with van der Waals surface area (Å²) in [6, 6.07) is 10.4. The molecule has 0 radical (unpaired) electrons. The van der Waals surface area contributed by atoms with E-state index in [1.807, 2.05) is 23.6 Å². The molecule has 0 N–H and O–H groups in total. The number of halogens is 2. The molecule has 1 atom stereocenters. The van der Waals surface area contributed by atoms with E-state index in [1.54, 1.807) is 13.2 Å². The van der Waals surface area contributed by atoms with Crippen molar-refractivity contribution in [3.8, 4) is 11.3 Å². The topological polar surface area (TPSA) is 29.8 Å². The highest BCUT2D eigenvalue weighted by Gasteiger charge is 2.27. The number of anilines is 1. The van der Waals surface area contributed by atoms with Crippen LogP contribution in [0.15, 0.2) is 30.3 Å². The highest BCUT2D eigenvalue weighted by Crippen LogP contribution is 2.37. The lowest BCUT2D eigenvalue weighted by atomic mass is 10.1. The molecule has 1 aromatic carbocycles. The van der Waals surface area contributed by atoms with Gasteiger partial charge in [0.15, 0.2) is 0 Å². The first-order chi connectivity index (χ1) is 13.0. The van der Waals surface area contributed by atoms with E-state index >= 15 is 0 Å². The van der Waals surface area contributed by atoms with Crippen LogP contribution in [0.2, 0.25) is 10.0 Å². The van der Waals surface area contributed by atoms with E-state index in [0.29, 0.717) is 16.1 Å². The maximum absolute atomic E-state index is 6.51. The van der Waals surface area contributed by atoms with Crippen LogP contribution in [0.5, 0.6) is 0 Å². The summed E-state index contributed by atoms with van der Waals surface area (Å²) in [6.45, 7) is 5.91. The van der Waals surface area contributed by atoms with Crippen LogP contribution in [0.3, 0.4) is 0 Å². The van der Waals surface area contributed by atoms with E-state index in [9.17, 15) is 0 Å². The Hall–Kier alpha value is -1.75. The molecule has 4 rings (SSSR count). The van der Waals surface area contributed by atoms with E-state index in [1.165, 1.54) is 12.1 Å². The number of ether oxygens (including phenoxy) is 1. The van der Waals surface area contributed by atoms with Crippen LogP contribution in [0.25, 0.3) is 16.8 Å². The normalized spacial score (nSPS) is 17.2. The minimum Gasteiger partial charge on any atom is -0.383 e. The fourth-order valence-corrected chi connectivity index (χ4v) is 4.62. The second-order valence-electron chi connectivity index (χ2n) is 7.21. The maximum atomic E-state index is 6.51. The Morgan fingerprint density at radius 1 is 1.19 bits per heavy atom. The van der Waals surface area contributed by atoms with Crippen molar-refractivity contribution in [3.05, 3.63) is 51.6 Å². The second-order valence-corrected chi connectivity index (χ2v) is 8.06. The van der Waals surface area contributed by atoms with Crippen molar-refractivity contribution in [3.63, 3.8) is 0 Å². The van der Waals surface area contributed by atoms with Crippen molar-refractivity contribution in [1.82, 2.24) is 9.61 Å². The molecule has 0 saturated carbocycles. The van der Waals surface area contributed by atoms with Gasteiger partial charge >= 0.3 is 0 Å². The van der Waals surface area contributed by atoms with Gasteiger partial charge in [-0.3, -0.25) is 0 Å². The van der Waals surface area contributed by atoms with E-state index < -0.39 is 0 Å². The number of methoxy groups -OCH3 is 1. The zero-order valence-corrected chi connectivity index (χ0v) is 17.3. The molecule has 6 heteroatoms. The van der Waals surface area contributed by atoms with Crippen molar-refractivity contribution >= 4 is 34.4 Å². The molecule has 27 heavy (non-hydrogen) atoms. The maximum Gasteiger partial charge on any atom is 0.0890 e. The van der Waals surface area contributed by atoms with Gasteiger partial charge in [0, 0.05) is 24.2 Å². The summed E-state index contributed by atoms with van der Waals surface area (Å²) in [7, 11) is 1.77. The van der Waals surface area contributed by atoms with Gasteiger partial charge in [-0.25, -0.2) is 4.52 Å². The largest absolute Gasteiger partial charge is 0.383 e. The van der Waals surface area contributed by atoms with Crippen molar-refractivity contribution in [2.45, 2.75) is 32.7 Å². The molecule has 0 amide bonds. The third-order valence-electron chi connectivity index (χ3n) is 5.26. The summed E-state index contributed by atoms with van der Waals surface area (Å²) in [4.78, 5) is 2.46. The van der Waals surface area contributed by atoms with Crippen molar-refractivity contribution in [2.75, 3.05) is 25.2 Å². The van der Waals surface area contributed by atoms with Crippen LogP contribution < -0.4 is 4.90 Å². The Kier molecular flexibility index (Phi) is 5.06. The molecule has 0 aliphatic carbocycles. The fraction of sp³-hybridized carbons (Fsp3) is 0.381. The molecule has 142 valence electrons. The third kappa shape index (κ3) is 3.31. The zero-order valence-electron chi connectivity index (χ0n) is 15.8. The van der Waals surface area contributed by atoms with Crippen LogP contribution >= 0.6 is 23.2 Å². The van der Waals surface area contributed by atoms with Gasteiger partial charge in [0.2, 0.25) is 0 Å². The first kappa shape index (κ1) is 18.6. The molecule has 3 heterocycles. The lowest BCUT2D eigenvalue weighted by Gasteiger charge is -2.27. The molecule has 0 spiro atoms. The van der Waals surface area contributed by atoms with Gasteiger partial charge in [0.25, 0.3) is 0 Å². The number of hydrogen-bond acceptors (Lipinski definition) is 3. The van der Waals surface area contributed by atoms with E-state index in [2.05, 4.69) is 24.0 Å². The number of hydrogen-bond donors (Lipinski definition) is 0. The predicted molar refractivity (Wildman–Crippen MR) is 112 cm³/mol. The number of rotatable bonds is 4. The number of aryl methyl sites for hydroxylation is 2. The molecule has 1 unspecified atom stereocenters. The van der Waals surface area contributed by atoms with Crippen LogP contribution in [0.1, 0.15) is 24.1 Å². The fourth-order valence-electron chi connectivity index (χ4n) is 4.12. The Balaban J connectivity index is 1.91. The standard InChI is InChI=1S/C21H23Cl2N3O/c1-13-9-20-19(25-8-4-5-16(25)12-27-3)10-14(2)24-26(20)21(13)17-7-6-15(22)11-18(17)23/h6-7,9-11,16H,4-5,8,12H2,1-3H3. The average Bonchev–Trinajstić information content (AvgIpc) is 3.19. The third-order valence-corrected chi connectivity index (χ3v) is 5.81. The first-order valence-corrected chi connectivity index (χ1v) is 9.96. The average molecular weight is 404 g/mol. The van der Waals surface area contributed by atoms with Crippen LogP contribution in [-0.4, -0.2) is 35.9 Å². The highest BCUT2D eigenvalue weighted by molar-refractivity contribution is 6.36. The highest BCUT2D eigenvalue weighted by atomic mass is 35.5. The minimum absolute atomic E-state index is 0.401. The molecule has 2 aromatic heterocycles. The van der Waals surface area contributed by atoms with Crippen LogP contribution in [-0.2, 0) is 4.74 Å². The van der Waals surface area contributed by atoms with Crippen molar-refractivity contribution < 1.29 is 4.74 Å². The molecular formula is C21H23Cl2N3O. The Morgan fingerprint density at radius 3 is 2.74 bits per heavy atom. The second kappa shape index (κ2) is 7.34. The summed E-state index contributed by atoms with van der Waals surface area (Å²) in [5.41, 5.74) is 6.38. The van der Waals surface area contributed by atoms with Gasteiger partial charge in [-0.2, -0.15) is 5.10 Å². The van der Waals surface area contributed by atoms with E-state index in [4.69, 9.17) is 33.0 Å². The van der Waals surface area contributed by atoms with Crippen LogP contribution in [0, 0.1) is 13.8 Å². The monoisotopic (exact) mass is 403 g/mol. The first-order valence-electron chi connectivity index (χ1n) is 9.20. The van der Waals surface area contributed by atoms with Gasteiger partial charge in [0.05, 0.1) is 40.3 Å². The zero-order chi connectivity index (χ0) is 19.1. The summed E-state index contributed by atoms with van der Waals surface area (Å²) in [5, 5.41) is 6.07. The summed E-state index contributed by atoms with van der Waals surface area (Å²) in [6.07, 6.45) is 2.33. The van der Waals surface area contributed by atoms with Gasteiger partial charge in [0.1, 0.15) is 0 Å². The molecule has 4 nitrogen and oxygen atoms in total. The molecular weight excluding hydrogens is 381 g/mol. The van der Waals surface area contributed by atoms with Gasteiger partial charge in [-0.1, -0.05) is 23.2 Å². The number of nitrogens with zero attached hydrogens (tertiary/aromatic N) is 3.